The Bertz CT molecular complexity index is 72.2. The SMILES string of the molecule is CC=CC.CO[SiH](OC)OC. The van der Waals surface area contributed by atoms with Gasteiger partial charge in [0.15, 0.2) is 0 Å². The molecule has 11 heavy (non-hydrogen) atoms. The second-order valence-electron chi connectivity index (χ2n) is 1.66. The number of rotatable bonds is 3. The zero-order chi connectivity index (χ0) is 9.11. The maximum atomic E-state index is 4.74. The maximum absolute atomic E-state index is 4.74. The molecule has 0 amide bonds. The quantitative estimate of drug-likeness (QED) is 0.480. The standard InChI is InChI=1S/C4H8.C3H10O3Si/c1-3-4-2;1-4-7(5-2)6-3/h3-4H,1-2H3;7H,1-3H3. The molecule has 0 radical (unpaired) electrons. The molecule has 0 spiro atoms. The van der Waals surface area contributed by atoms with Gasteiger partial charge < -0.3 is 13.3 Å². The summed E-state index contributed by atoms with van der Waals surface area (Å²) in [6.07, 6.45) is 4.00. The summed E-state index contributed by atoms with van der Waals surface area (Å²) in [7, 11) is 3.05. The Hall–Kier alpha value is -0.163. The largest absolute Gasteiger partial charge is 0.483 e. The van der Waals surface area contributed by atoms with E-state index in [0.29, 0.717) is 0 Å². The van der Waals surface area contributed by atoms with E-state index >= 15 is 0 Å². The second-order valence-corrected chi connectivity index (χ2v) is 3.65. The van der Waals surface area contributed by atoms with Gasteiger partial charge in [0.1, 0.15) is 0 Å². The van der Waals surface area contributed by atoms with Gasteiger partial charge >= 0.3 is 9.53 Å². The zero-order valence-electron chi connectivity index (χ0n) is 7.96. The summed E-state index contributed by atoms with van der Waals surface area (Å²) in [6.45, 7) is 4.00. The molecule has 0 aliphatic rings. The van der Waals surface area contributed by atoms with E-state index < -0.39 is 9.53 Å². The summed E-state index contributed by atoms with van der Waals surface area (Å²) < 4.78 is 14.2. The number of allylic oxidation sites excluding steroid dienone is 2. The third kappa shape index (κ3) is 12.9. The molecule has 0 fully saturated rings. The van der Waals surface area contributed by atoms with E-state index in [0.717, 1.165) is 0 Å². The van der Waals surface area contributed by atoms with Gasteiger partial charge in [-0.15, -0.1) is 0 Å². The Morgan fingerprint density at radius 1 is 0.818 bits per heavy atom. The smallest absolute Gasteiger partial charge is 0.379 e. The van der Waals surface area contributed by atoms with E-state index in [9.17, 15) is 0 Å². The van der Waals surface area contributed by atoms with E-state index in [2.05, 4.69) is 0 Å². The Morgan fingerprint density at radius 3 is 1.09 bits per heavy atom. The first-order valence-electron chi connectivity index (χ1n) is 3.42. The third-order valence-electron chi connectivity index (χ3n) is 0.911. The van der Waals surface area contributed by atoms with Crippen LogP contribution in [-0.4, -0.2) is 30.9 Å². The Morgan fingerprint density at radius 2 is 1.09 bits per heavy atom. The maximum Gasteiger partial charge on any atom is 0.483 e. The Kier molecular flexibility index (Phi) is 15.3. The zero-order valence-corrected chi connectivity index (χ0v) is 9.11. The molecule has 0 bridgehead atoms. The lowest BCUT2D eigenvalue weighted by atomic mass is 10.6. The predicted molar refractivity (Wildman–Crippen MR) is 48.7 cm³/mol. The molecule has 0 aromatic rings. The predicted octanol–water partition coefficient (Wildman–Crippen LogP) is 1.23. The van der Waals surface area contributed by atoms with Crippen molar-refractivity contribution in [2.24, 2.45) is 0 Å². The summed E-state index contributed by atoms with van der Waals surface area (Å²) in [4.78, 5) is 0. The van der Waals surface area contributed by atoms with Crippen LogP contribution in [0.2, 0.25) is 0 Å². The van der Waals surface area contributed by atoms with Crippen LogP contribution >= 0.6 is 0 Å². The Balaban J connectivity index is 0. The lowest BCUT2D eigenvalue weighted by molar-refractivity contribution is 0.163. The molecule has 0 aromatic carbocycles. The lowest BCUT2D eigenvalue weighted by Gasteiger charge is -2.05. The molecule has 0 aromatic heterocycles. The average Bonchev–Trinajstić information content (AvgIpc) is 2.08. The summed E-state index contributed by atoms with van der Waals surface area (Å²) in [5.41, 5.74) is 0. The van der Waals surface area contributed by atoms with Gasteiger partial charge in [0.25, 0.3) is 0 Å². The van der Waals surface area contributed by atoms with Crippen molar-refractivity contribution in [1.29, 1.82) is 0 Å². The minimum absolute atomic E-state index is 1.57. The van der Waals surface area contributed by atoms with Crippen molar-refractivity contribution in [3.63, 3.8) is 0 Å². The molecule has 4 heteroatoms. The highest BCUT2D eigenvalue weighted by Gasteiger charge is 2.04. The molecular weight excluding hydrogens is 160 g/mol. The average molecular weight is 178 g/mol. The van der Waals surface area contributed by atoms with Gasteiger partial charge in [0.05, 0.1) is 0 Å². The van der Waals surface area contributed by atoms with Crippen LogP contribution in [0.25, 0.3) is 0 Å². The van der Waals surface area contributed by atoms with Gasteiger partial charge in [-0.25, -0.2) is 0 Å². The lowest BCUT2D eigenvalue weighted by Crippen LogP contribution is -2.21. The Labute approximate surface area is 70.9 Å². The van der Waals surface area contributed by atoms with E-state index in [-0.39, 0.29) is 0 Å². The van der Waals surface area contributed by atoms with Crippen molar-refractivity contribution in [2.45, 2.75) is 13.8 Å². The van der Waals surface area contributed by atoms with Crippen LogP contribution < -0.4 is 0 Å². The fraction of sp³-hybridized carbons (Fsp3) is 0.714. The van der Waals surface area contributed by atoms with Crippen molar-refractivity contribution in [3.05, 3.63) is 12.2 Å². The van der Waals surface area contributed by atoms with E-state index in [1.165, 1.54) is 0 Å². The highest BCUT2D eigenvalue weighted by Crippen LogP contribution is 1.81. The van der Waals surface area contributed by atoms with Crippen LogP contribution in [0.5, 0.6) is 0 Å². The topological polar surface area (TPSA) is 27.7 Å². The van der Waals surface area contributed by atoms with Gasteiger partial charge in [0, 0.05) is 21.3 Å². The molecule has 0 saturated heterocycles. The van der Waals surface area contributed by atoms with Crippen molar-refractivity contribution in [3.8, 4) is 0 Å². The van der Waals surface area contributed by atoms with Crippen molar-refractivity contribution < 1.29 is 13.3 Å². The van der Waals surface area contributed by atoms with E-state index in [1.54, 1.807) is 21.3 Å². The fourth-order valence-electron chi connectivity index (χ4n) is 0.289. The fourth-order valence-corrected chi connectivity index (χ4v) is 0.866. The summed E-state index contributed by atoms with van der Waals surface area (Å²) in [5, 5.41) is 0. The van der Waals surface area contributed by atoms with E-state index in [1.807, 2.05) is 26.0 Å². The molecule has 3 nitrogen and oxygen atoms in total. The summed E-state index contributed by atoms with van der Waals surface area (Å²) >= 11 is 0. The molecule has 0 rings (SSSR count). The molecular formula is C7H18O3Si. The van der Waals surface area contributed by atoms with E-state index in [4.69, 9.17) is 13.3 Å². The van der Waals surface area contributed by atoms with Gasteiger partial charge in [-0.1, -0.05) is 12.2 Å². The third-order valence-corrected chi connectivity index (χ3v) is 2.07. The molecule has 68 valence electrons. The summed E-state index contributed by atoms with van der Waals surface area (Å²) in [5.74, 6) is 0. The van der Waals surface area contributed by atoms with Crippen LogP contribution in [0, 0.1) is 0 Å². The minimum Gasteiger partial charge on any atom is -0.379 e. The van der Waals surface area contributed by atoms with Crippen LogP contribution in [0.3, 0.4) is 0 Å². The molecule has 0 aliphatic carbocycles. The van der Waals surface area contributed by atoms with Gasteiger partial charge in [-0.3, -0.25) is 0 Å². The number of hydrogen-bond acceptors (Lipinski definition) is 3. The first-order chi connectivity index (χ1) is 5.26. The highest BCUT2D eigenvalue weighted by atomic mass is 28.3. The molecule has 0 saturated carbocycles. The van der Waals surface area contributed by atoms with Crippen LogP contribution in [0.4, 0.5) is 0 Å². The van der Waals surface area contributed by atoms with Crippen molar-refractivity contribution >= 4 is 9.53 Å². The normalized spacial score (nSPS) is 10.0. The highest BCUT2D eigenvalue weighted by molar-refractivity contribution is 6.36. The van der Waals surface area contributed by atoms with Gasteiger partial charge in [-0.05, 0) is 13.8 Å². The van der Waals surface area contributed by atoms with Crippen LogP contribution in [0.15, 0.2) is 12.2 Å². The van der Waals surface area contributed by atoms with Crippen LogP contribution in [0.1, 0.15) is 13.8 Å². The van der Waals surface area contributed by atoms with Crippen LogP contribution in [-0.2, 0) is 13.3 Å². The minimum atomic E-state index is -1.67. The first kappa shape index (κ1) is 13.4. The molecule has 0 atom stereocenters. The first-order valence-corrected chi connectivity index (χ1v) is 4.83. The van der Waals surface area contributed by atoms with Gasteiger partial charge in [-0.2, -0.15) is 0 Å². The van der Waals surface area contributed by atoms with Crippen molar-refractivity contribution in [1.82, 2.24) is 0 Å². The molecule has 0 aliphatic heterocycles. The van der Waals surface area contributed by atoms with Crippen molar-refractivity contribution in [2.75, 3.05) is 21.3 Å². The number of hydrogen-bond donors (Lipinski definition) is 0. The molecule has 0 heterocycles. The molecule has 0 N–H and O–H groups in total. The second kappa shape index (κ2) is 12.5. The monoisotopic (exact) mass is 178 g/mol. The van der Waals surface area contributed by atoms with Gasteiger partial charge in [0.2, 0.25) is 0 Å². The molecule has 0 unspecified atom stereocenters. The summed E-state index contributed by atoms with van der Waals surface area (Å²) in [6, 6.07) is 0.